The summed E-state index contributed by atoms with van der Waals surface area (Å²) >= 11 is 0. The monoisotopic (exact) mass is 256 g/mol. The van der Waals surface area contributed by atoms with Crippen LogP contribution >= 0.6 is 0 Å². The third kappa shape index (κ3) is 5.49. The lowest BCUT2D eigenvalue weighted by atomic mass is 10.1. The van der Waals surface area contributed by atoms with Crippen LogP contribution in [0.2, 0.25) is 0 Å². The van der Waals surface area contributed by atoms with E-state index in [1.807, 2.05) is 13.8 Å². The van der Waals surface area contributed by atoms with E-state index in [2.05, 4.69) is 5.32 Å². The molecule has 0 spiro atoms. The van der Waals surface area contributed by atoms with Crippen LogP contribution in [0.25, 0.3) is 0 Å². The SMILES string of the molecule is CC(C)CC(O)CNC(=O)CCN1CCCC1=O. The lowest BCUT2D eigenvalue weighted by Gasteiger charge is -2.16. The van der Waals surface area contributed by atoms with E-state index in [9.17, 15) is 14.7 Å². The second-order valence-corrected chi connectivity index (χ2v) is 5.32. The molecule has 18 heavy (non-hydrogen) atoms. The number of rotatable bonds is 7. The van der Waals surface area contributed by atoms with E-state index in [0.29, 0.717) is 38.3 Å². The number of hydrogen-bond donors (Lipinski definition) is 2. The van der Waals surface area contributed by atoms with Crippen LogP contribution in [0.4, 0.5) is 0 Å². The number of carbonyl (C=O) groups excluding carboxylic acids is 2. The number of likely N-dealkylation sites (tertiary alicyclic amines) is 1. The maximum Gasteiger partial charge on any atom is 0.222 e. The van der Waals surface area contributed by atoms with E-state index < -0.39 is 6.10 Å². The van der Waals surface area contributed by atoms with Crippen molar-refractivity contribution < 1.29 is 14.7 Å². The van der Waals surface area contributed by atoms with Crippen molar-refractivity contribution in [2.24, 2.45) is 5.92 Å². The Morgan fingerprint density at radius 3 is 2.78 bits per heavy atom. The van der Waals surface area contributed by atoms with E-state index in [1.165, 1.54) is 0 Å². The molecule has 5 heteroatoms. The average molecular weight is 256 g/mol. The van der Waals surface area contributed by atoms with Crippen LogP contribution in [-0.4, -0.2) is 47.6 Å². The molecule has 1 saturated heterocycles. The Labute approximate surface area is 109 Å². The van der Waals surface area contributed by atoms with Crippen molar-refractivity contribution in [1.29, 1.82) is 0 Å². The third-order valence-corrected chi connectivity index (χ3v) is 3.06. The lowest BCUT2D eigenvalue weighted by Crippen LogP contribution is -2.35. The zero-order chi connectivity index (χ0) is 13.5. The Morgan fingerprint density at radius 2 is 2.22 bits per heavy atom. The molecule has 1 unspecified atom stereocenters. The molecule has 0 aliphatic carbocycles. The van der Waals surface area contributed by atoms with Crippen LogP contribution in [0, 0.1) is 5.92 Å². The predicted molar refractivity (Wildman–Crippen MR) is 68.9 cm³/mol. The molecule has 2 N–H and O–H groups in total. The van der Waals surface area contributed by atoms with Gasteiger partial charge in [0.05, 0.1) is 6.10 Å². The highest BCUT2D eigenvalue weighted by atomic mass is 16.3. The van der Waals surface area contributed by atoms with Gasteiger partial charge >= 0.3 is 0 Å². The van der Waals surface area contributed by atoms with Gasteiger partial charge in [0.15, 0.2) is 0 Å². The molecule has 0 aromatic carbocycles. The Balaban J connectivity index is 2.12. The van der Waals surface area contributed by atoms with Gasteiger partial charge in [0.25, 0.3) is 0 Å². The molecular weight excluding hydrogens is 232 g/mol. The minimum absolute atomic E-state index is 0.0995. The molecule has 2 amide bonds. The van der Waals surface area contributed by atoms with Gasteiger partial charge in [0.2, 0.25) is 11.8 Å². The van der Waals surface area contributed by atoms with E-state index in [1.54, 1.807) is 4.90 Å². The van der Waals surface area contributed by atoms with Crippen molar-refractivity contribution >= 4 is 11.8 Å². The quantitative estimate of drug-likeness (QED) is 0.698. The molecule has 1 aliphatic rings. The molecule has 1 aliphatic heterocycles. The second-order valence-electron chi connectivity index (χ2n) is 5.32. The Kier molecular flexibility index (Phi) is 6.12. The Bertz CT molecular complexity index is 292. The number of carbonyl (C=O) groups is 2. The van der Waals surface area contributed by atoms with Gasteiger partial charge in [-0.1, -0.05) is 13.8 Å². The minimum atomic E-state index is -0.484. The molecule has 0 aromatic rings. The Morgan fingerprint density at radius 1 is 1.50 bits per heavy atom. The number of amides is 2. The third-order valence-electron chi connectivity index (χ3n) is 3.06. The van der Waals surface area contributed by atoms with Crippen molar-refractivity contribution in [2.45, 2.75) is 45.6 Å². The summed E-state index contributed by atoms with van der Waals surface area (Å²) in [5, 5.41) is 12.3. The number of aliphatic hydroxyl groups excluding tert-OH is 1. The summed E-state index contributed by atoms with van der Waals surface area (Å²) in [5.41, 5.74) is 0. The first-order chi connectivity index (χ1) is 8.49. The van der Waals surface area contributed by atoms with Crippen molar-refractivity contribution in [3.63, 3.8) is 0 Å². The smallest absolute Gasteiger partial charge is 0.222 e. The van der Waals surface area contributed by atoms with Gasteiger partial charge in [0.1, 0.15) is 0 Å². The fourth-order valence-electron chi connectivity index (χ4n) is 2.12. The molecule has 0 radical (unpaired) electrons. The standard InChI is InChI=1S/C13H24N2O3/c1-10(2)8-11(16)9-14-12(17)5-7-15-6-3-4-13(15)18/h10-11,16H,3-9H2,1-2H3,(H,14,17). The van der Waals surface area contributed by atoms with Crippen molar-refractivity contribution in [1.82, 2.24) is 10.2 Å². The topological polar surface area (TPSA) is 69.6 Å². The number of aliphatic hydroxyl groups is 1. The second kappa shape index (κ2) is 7.36. The highest BCUT2D eigenvalue weighted by molar-refractivity contribution is 5.80. The summed E-state index contributed by atoms with van der Waals surface area (Å²) < 4.78 is 0. The summed E-state index contributed by atoms with van der Waals surface area (Å²) in [4.78, 5) is 24.6. The fraction of sp³-hybridized carbons (Fsp3) is 0.846. The van der Waals surface area contributed by atoms with Gasteiger partial charge < -0.3 is 15.3 Å². The zero-order valence-electron chi connectivity index (χ0n) is 11.3. The minimum Gasteiger partial charge on any atom is -0.391 e. The molecule has 1 fully saturated rings. The molecule has 0 aromatic heterocycles. The number of hydrogen-bond acceptors (Lipinski definition) is 3. The van der Waals surface area contributed by atoms with Crippen LogP contribution in [0.15, 0.2) is 0 Å². The number of nitrogens with one attached hydrogen (secondary N) is 1. The van der Waals surface area contributed by atoms with Crippen molar-refractivity contribution in [2.75, 3.05) is 19.6 Å². The fourth-order valence-corrected chi connectivity index (χ4v) is 2.12. The van der Waals surface area contributed by atoms with E-state index in [4.69, 9.17) is 0 Å². The van der Waals surface area contributed by atoms with Crippen LogP contribution in [0.3, 0.4) is 0 Å². The molecule has 5 nitrogen and oxygen atoms in total. The normalized spacial score (nSPS) is 17.3. The first kappa shape index (κ1) is 15.0. The summed E-state index contributed by atoms with van der Waals surface area (Å²) in [6.07, 6.45) is 2.02. The van der Waals surface area contributed by atoms with Crippen molar-refractivity contribution in [3.8, 4) is 0 Å². The Hall–Kier alpha value is -1.10. The van der Waals surface area contributed by atoms with Gasteiger partial charge in [-0.25, -0.2) is 0 Å². The van der Waals surface area contributed by atoms with E-state index >= 15 is 0 Å². The molecule has 0 saturated carbocycles. The maximum absolute atomic E-state index is 11.5. The average Bonchev–Trinajstić information content (AvgIpc) is 2.68. The highest BCUT2D eigenvalue weighted by Gasteiger charge is 2.20. The molecule has 104 valence electrons. The molecule has 1 rings (SSSR count). The summed E-state index contributed by atoms with van der Waals surface area (Å²) in [5.74, 6) is 0.458. The first-order valence-corrected chi connectivity index (χ1v) is 6.71. The van der Waals surface area contributed by atoms with Gasteiger partial charge in [-0.3, -0.25) is 9.59 Å². The van der Waals surface area contributed by atoms with Crippen LogP contribution in [-0.2, 0) is 9.59 Å². The maximum atomic E-state index is 11.5. The van der Waals surface area contributed by atoms with E-state index in [0.717, 1.165) is 13.0 Å². The summed E-state index contributed by atoms with van der Waals surface area (Å²) in [7, 11) is 0. The first-order valence-electron chi connectivity index (χ1n) is 6.71. The van der Waals surface area contributed by atoms with Gasteiger partial charge in [-0.2, -0.15) is 0 Å². The summed E-state index contributed by atoms with van der Waals surface area (Å²) in [6.45, 7) is 5.62. The van der Waals surface area contributed by atoms with Crippen LogP contribution in [0.1, 0.15) is 39.5 Å². The molecule has 0 bridgehead atoms. The molecule has 1 heterocycles. The lowest BCUT2D eigenvalue weighted by molar-refractivity contribution is -0.128. The molecular formula is C13H24N2O3. The summed E-state index contributed by atoms with van der Waals surface area (Å²) in [6, 6.07) is 0. The van der Waals surface area contributed by atoms with Crippen LogP contribution < -0.4 is 5.32 Å². The predicted octanol–water partition coefficient (Wildman–Crippen LogP) is 0.522. The largest absolute Gasteiger partial charge is 0.391 e. The van der Waals surface area contributed by atoms with Crippen molar-refractivity contribution in [3.05, 3.63) is 0 Å². The molecule has 1 atom stereocenters. The van der Waals surface area contributed by atoms with E-state index in [-0.39, 0.29) is 11.8 Å². The van der Waals surface area contributed by atoms with Crippen LogP contribution in [0.5, 0.6) is 0 Å². The van der Waals surface area contributed by atoms with Gasteiger partial charge in [-0.15, -0.1) is 0 Å². The zero-order valence-corrected chi connectivity index (χ0v) is 11.3. The highest BCUT2D eigenvalue weighted by Crippen LogP contribution is 2.09. The number of nitrogens with zero attached hydrogens (tertiary/aromatic N) is 1. The van der Waals surface area contributed by atoms with Gasteiger partial charge in [-0.05, 0) is 18.8 Å². The van der Waals surface area contributed by atoms with Gasteiger partial charge in [0, 0.05) is 32.5 Å².